The van der Waals surface area contributed by atoms with Gasteiger partial charge in [0.05, 0.1) is 12.0 Å². The van der Waals surface area contributed by atoms with Crippen LogP contribution in [0.4, 0.5) is 4.79 Å². The lowest BCUT2D eigenvalue weighted by atomic mass is 9.96. The summed E-state index contributed by atoms with van der Waals surface area (Å²) in [5.74, 6) is 0.298. The fourth-order valence-corrected chi connectivity index (χ4v) is 3.57. The second-order valence-corrected chi connectivity index (χ2v) is 7.72. The van der Waals surface area contributed by atoms with Crippen LogP contribution in [0.3, 0.4) is 0 Å². The van der Waals surface area contributed by atoms with Gasteiger partial charge in [0, 0.05) is 6.54 Å². The zero-order valence-corrected chi connectivity index (χ0v) is 17.2. The van der Waals surface area contributed by atoms with E-state index in [9.17, 15) is 14.4 Å². The number of nitrogens with one attached hydrogen (secondary N) is 1. The number of carbonyl (C=O) groups is 3. The molecule has 7 heteroatoms. The van der Waals surface area contributed by atoms with Crippen LogP contribution in [0.15, 0.2) is 17.0 Å². The zero-order valence-electron chi connectivity index (χ0n) is 16.4. The van der Waals surface area contributed by atoms with Crippen LogP contribution in [0, 0.1) is 6.92 Å². The van der Waals surface area contributed by atoms with Crippen molar-refractivity contribution in [1.82, 2.24) is 10.2 Å². The van der Waals surface area contributed by atoms with E-state index in [1.54, 1.807) is 13.2 Å². The van der Waals surface area contributed by atoms with Crippen molar-refractivity contribution in [2.45, 2.75) is 40.0 Å². The third-order valence-electron chi connectivity index (χ3n) is 4.27. The molecule has 0 aromatic heterocycles. The number of ether oxygens (including phenoxy) is 1. The highest BCUT2D eigenvalue weighted by atomic mass is 32.2. The smallest absolute Gasteiger partial charge is 0.294 e. The summed E-state index contributed by atoms with van der Waals surface area (Å²) in [4.78, 5) is 37.9. The van der Waals surface area contributed by atoms with E-state index in [2.05, 4.69) is 19.2 Å². The molecule has 1 fully saturated rings. The van der Waals surface area contributed by atoms with Gasteiger partial charge in [-0.2, -0.15) is 0 Å². The molecule has 0 radical (unpaired) electrons. The molecule has 0 atom stereocenters. The quantitative estimate of drug-likeness (QED) is 0.719. The molecule has 0 aliphatic carbocycles. The average molecular weight is 391 g/mol. The Morgan fingerprint density at radius 3 is 2.63 bits per heavy atom. The van der Waals surface area contributed by atoms with Crippen molar-refractivity contribution >= 4 is 34.9 Å². The van der Waals surface area contributed by atoms with Gasteiger partial charge in [-0.25, -0.2) is 0 Å². The van der Waals surface area contributed by atoms with Crippen LogP contribution in [0.25, 0.3) is 6.08 Å². The molecule has 0 spiro atoms. The van der Waals surface area contributed by atoms with Crippen molar-refractivity contribution < 1.29 is 19.1 Å². The summed E-state index contributed by atoms with van der Waals surface area (Å²) < 4.78 is 5.44. The number of rotatable bonds is 7. The first kappa shape index (κ1) is 21.0. The topological polar surface area (TPSA) is 75.7 Å². The van der Waals surface area contributed by atoms with Crippen LogP contribution in [0.2, 0.25) is 0 Å². The van der Waals surface area contributed by atoms with E-state index in [0.29, 0.717) is 11.4 Å². The number of methoxy groups -OCH3 is 1. The van der Waals surface area contributed by atoms with Gasteiger partial charge in [0.25, 0.3) is 11.1 Å². The van der Waals surface area contributed by atoms with Gasteiger partial charge < -0.3 is 10.1 Å². The van der Waals surface area contributed by atoms with Crippen LogP contribution >= 0.6 is 11.8 Å². The standard InChI is InChI=1S/C20H26N2O4S/c1-6-7-21-18(23)11-22-19(24)17(27-20(22)25)10-14-9-15(12(2)3)16(26-5)8-13(14)4/h8-10,12H,6-7,11H2,1-5H3,(H,21,23)/b17-10-. The van der Waals surface area contributed by atoms with Crippen LogP contribution < -0.4 is 10.1 Å². The largest absolute Gasteiger partial charge is 0.496 e. The highest BCUT2D eigenvalue weighted by molar-refractivity contribution is 8.18. The summed E-state index contributed by atoms with van der Waals surface area (Å²) in [5.41, 5.74) is 2.84. The van der Waals surface area contributed by atoms with Gasteiger partial charge in [-0.15, -0.1) is 0 Å². The van der Waals surface area contributed by atoms with Crippen molar-refractivity contribution in [3.05, 3.63) is 33.7 Å². The number of benzene rings is 1. The monoisotopic (exact) mass is 390 g/mol. The van der Waals surface area contributed by atoms with E-state index in [4.69, 9.17) is 4.74 Å². The van der Waals surface area contributed by atoms with Crippen LogP contribution in [0.1, 0.15) is 49.8 Å². The predicted octanol–water partition coefficient (Wildman–Crippen LogP) is 3.69. The lowest BCUT2D eigenvalue weighted by molar-refractivity contribution is -0.129. The third-order valence-corrected chi connectivity index (χ3v) is 5.18. The summed E-state index contributed by atoms with van der Waals surface area (Å²) in [6, 6.07) is 3.92. The molecule has 1 N–H and O–H groups in total. The van der Waals surface area contributed by atoms with Crippen molar-refractivity contribution in [2.24, 2.45) is 0 Å². The van der Waals surface area contributed by atoms with E-state index in [0.717, 1.165) is 45.5 Å². The molecule has 1 aromatic carbocycles. The van der Waals surface area contributed by atoms with Crippen molar-refractivity contribution in [1.29, 1.82) is 0 Å². The highest BCUT2D eigenvalue weighted by Crippen LogP contribution is 2.35. The zero-order chi connectivity index (χ0) is 20.1. The van der Waals surface area contributed by atoms with Gasteiger partial charge in [0.1, 0.15) is 12.3 Å². The van der Waals surface area contributed by atoms with E-state index in [-0.39, 0.29) is 18.4 Å². The van der Waals surface area contributed by atoms with Crippen LogP contribution in [-0.4, -0.2) is 42.2 Å². The summed E-state index contributed by atoms with van der Waals surface area (Å²) in [6.07, 6.45) is 2.51. The highest BCUT2D eigenvalue weighted by Gasteiger charge is 2.36. The Morgan fingerprint density at radius 2 is 2.04 bits per heavy atom. The first-order valence-electron chi connectivity index (χ1n) is 8.99. The van der Waals surface area contributed by atoms with E-state index in [1.807, 2.05) is 26.0 Å². The lowest BCUT2D eigenvalue weighted by Crippen LogP contribution is -2.39. The summed E-state index contributed by atoms with van der Waals surface area (Å²) in [5, 5.41) is 2.26. The molecule has 0 unspecified atom stereocenters. The van der Waals surface area contributed by atoms with Crippen molar-refractivity contribution in [3.8, 4) is 5.75 Å². The first-order valence-corrected chi connectivity index (χ1v) is 9.80. The van der Waals surface area contributed by atoms with Gasteiger partial charge in [0.2, 0.25) is 5.91 Å². The average Bonchev–Trinajstić information content (AvgIpc) is 2.88. The molecule has 0 saturated carbocycles. The van der Waals surface area contributed by atoms with Crippen molar-refractivity contribution in [2.75, 3.05) is 20.2 Å². The molecule has 27 heavy (non-hydrogen) atoms. The molecule has 1 aliphatic rings. The Balaban J connectivity index is 2.27. The number of thioether (sulfide) groups is 1. The number of hydrogen-bond acceptors (Lipinski definition) is 5. The molecule has 6 nitrogen and oxygen atoms in total. The molecule has 146 valence electrons. The first-order chi connectivity index (χ1) is 12.8. The molecule has 2 rings (SSSR count). The minimum absolute atomic E-state index is 0.249. The summed E-state index contributed by atoms with van der Waals surface area (Å²) in [6.45, 7) is 8.28. The number of amides is 3. The lowest BCUT2D eigenvalue weighted by Gasteiger charge is -2.15. The summed E-state index contributed by atoms with van der Waals surface area (Å²) >= 11 is 0.863. The third kappa shape index (κ3) is 4.91. The van der Waals surface area contributed by atoms with Crippen LogP contribution in [-0.2, 0) is 9.59 Å². The molecule has 1 saturated heterocycles. The van der Waals surface area contributed by atoms with Gasteiger partial charge >= 0.3 is 0 Å². The van der Waals surface area contributed by atoms with Crippen molar-refractivity contribution in [3.63, 3.8) is 0 Å². The molecule has 1 aromatic rings. The Labute approximate surface area is 164 Å². The van der Waals surface area contributed by atoms with Crippen LogP contribution in [0.5, 0.6) is 5.75 Å². The number of aryl methyl sites for hydroxylation is 1. The maximum absolute atomic E-state index is 12.6. The molecule has 0 bridgehead atoms. The number of imide groups is 1. The molecular formula is C20H26N2O4S. The SMILES string of the molecule is CCCNC(=O)CN1C(=O)S/C(=C\c2cc(C(C)C)c(OC)cc2C)C1=O. The maximum atomic E-state index is 12.6. The molecular weight excluding hydrogens is 364 g/mol. The van der Waals surface area contributed by atoms with E-state index < -0.39 is 11.1 Å². The van der Waals surface area contributed by atoms with E-state index >= 15 is 0 Å². The normalized spacial score (nSPS) is 15.8. The fourth-order valence-electron chi connectivity index (χ4n) is 2.74. The van der Waals surface area contributed by atoms with E-state index in [1.165, 1.54) is 0 Å². The Kier molecular flexibility index (Phi) is 7.07. The second kappa shape index (κ2) is 9.08. The Morgan fingerprint density at radius 1 is 1.33 bits per heavy atom. The maximum Gasteiger partial charge on any atom is 0.294 e. The predicted molar refractivity (Wildman–Crippen MR) is 108 cm³/mol. The van der Waals surface area contributed by atoms with Gasteiger partial charge in [0.15, 0.2) is 0 Å². The molecule has 1 aliphatic heterocycles. The number of nitrogens with zero attached hydrogens (tertiary/aromatic N) is 1. The van der Waals surface area contributed by atoms with Gasteiger partial charge in [-0.1, -0.05) is 20.8 Å². The second-order valence-electron chi connectivity index (χ2n) is 6.72. The fraction of sp³-hybridized carbons (Fsp3) is 0.450. The van der Waals surface area contributed by atoms with Gasteiger partial charge in [-0.05, 0) is 65.9 Å². The molecule has 1 heterocycles. The molecule has 3 amide bonds. The Bertz CT molecular complexity index is 786. The summed E-state index contributed by atoms with van der Waals surface area (Å²) in [7, 11) is 1.63. The number of carbonyl (C=O) groups excluding carboxylic acids is 3. The van der Waals surface area contributed by atoms with Gasteiger partial charge in [-0.3, -0.25) is 19.3 Å². The minimum atomic E-state index is -0.432. The number of hydrogen-bond donors (Lipinski definition) is 1. The minimum Gasteiger partial charge on any atom is -0.496 e. The Hall–Kier alpha value is -2.28.